The fourth-order valence-corrected chi connectivity index (χ4v) is 2.33. The van der Waals surface area contributed by atoms with E-state index in [9.17, 15) is 14.4 Å². The minimum Gasteiger partial charge on any atom is -0.480 e. The lowest BCUT2D eigenvalue weighted by molar-refractivity contribution is -0.137. The Hall–Kier alpha value is -2.96. The Balaban J connectivity index is 1.95. The number of carbonyl (C=O) groups is 2. The lowest BCUT2D eigenvalue weighted by Crippen LogP contribution is -2.38. The average molecular weight is 313 g/mol. The second-order valence-corrected chi connectivity index (χ2v) is 5.36. The average Bonchev–Trinajstić information content (AvgIpc) is 3.38. The van der Waals surface area contributed by atoms with E-state index in [1.165, 1.54) is 17.0 Å². The number of hydrogen-bond donors (Lipinski definition) is 1. The molecule has 1 aromatic carbocycles. The lowest BCUT2D eigenvalue weighted by atomic mass is 10.3. The van der Waals surface area contributed by atoms with E-state index in [1.807, 2.05) is 6.07 Å². The zero-order chi connectivity index (χ0) is 16.4. The van der Waals surface area contributed by atoms with Crippen LogP contribution in [0.3, 0.4) is 0 Å². The van der Waals surface area contributed by atoms with Crippen LogP contribution < -0.4 is 5.56 Å². The Bertz CT molecular complexity index is 796. The number of hydrogen-bond acceptors (Lipinski definition) is 4. The van der Waals surface area contributed by atoms with Crippen LogP contribution in [0.2, 0.25) is 0 Å². The van der Waals surface area contributed by atoms with E-state index in [2.05, 4.69) is 5.10 Å². The molecule has 1 aromatic heterocycles. The summed E-state index contributed by atoms with van der Waals surface area (Å²) in [5.41, 5.74) is 0.244. The van der Waals surface area contributed by atoms with Crippen LogP contribution in [0.25, 0.3) is 5.69 Å². The summed E-state index contributed by atoms with van der Waals surface area (Å²) in [6.07, 6.45) is 1.58. The third-order valence-corrected chi connectivity index (χ3v) is 3.57. The van der Waals surface area contributed by atoms with Crippen LogP contribution in [0, 0.1) is 0 Å². The van der Waals surface area contributed by atoms with E-state index < -0.39 is 11.9 Å². The van der Waals surface area contributed by atoms with Crippen LogP contribution in [-0.4, -0.2) is 44.3 Å². The number of benzene rings is 1. The molecule has 7 heteroatoms. The van der Waals surface area contributed by atoms with Crippen LogP contribution in [0.15, 0.2) is 47.3 Å². The van der Waals surface area contributed by atoms with Gasteiger partial charge in [-0.15, -0.1) is 0 Å². The number of rotatable bonds is 5. The minimum absolute atomic E-state index is 0.0570. The van der Waals surface area contributed by atoms with Crippen molar-refractivity contribution in [2.24, 2.45) is 0 Å². The summed E-state index contributed by atoms with van der Waals surface area (Å²) in [6, 6.07) is 11.3. The molecule has 0 spiro atoms. The van der Waals surface area contributed by atoms with Crippen LogP contribution in [0.4, 0.5) is 0 Å². The summed E-state index contributed by atoms with van der Waals surface area (Å²) in [6.45, 7) is -0.365. The monoisotopic (exact) mass is 313 g/mol. The molecular weight excluding hydrogens is 298 g/mol. The summed E-state index contributed by atoms with van der Waals surface area (Å²) in [5.74, 6) is -1.54. The quantitative estimate of drug-likeness (QED) is 0.886. The molecule has 2 aromatic rings. The Morgan fingerprint density at radius 2 is 1.87 bits per heavy atom. The standard InChI is InChI=1S/C16H15N3O4/c20-14-9-8-13(17-19(14)12-4-2-1-3-5-12)16(23)18(10-15(21)22)11-6-7-11/h1-5,8-9,11H,6-7,10H2,(H,21,22). The maximum absolute atomic E-state index is 12.5. The topological polar surface area (TPSA) is 92.5 Å². The highest BCUT2D eigenvalue weighted by Crippen LogP contribution is 2.27. The highest BCUT2D eigenvalue weighted by molar-refractivity contribution is 5.94. The van der Waals surface area contributed by atoms with Gasteiger partial charge in [-0.2, -0.15) is 9.78 Å². The summed E-state index contributed by atoms with van der Waals surface area (Å²) in [5, 5.41) is 13.1. The van der Waals surface area contributed by atoms with Crippen molar-refractivity contribution in [2.45, 2.75) is 18.9 Å². The Morgan fingerprint density at radius 3 is 2.48 bits per heavy atom. The first kappa shape index (κ1) is 15.0. The Kier molecular flexibility index (Phi) is 3.92. The smallest absolute Gasteiger partial charge is 0.323 e. The minimum atomic E-state index is -1.07. The summed E-state index contributed by atoms with van der Waals surface area (Å²) >= 11 is 0. The number of carboxylic acids is 1. The van der Waals surface area contributed by atoms with Crippen LogP contribution in [-0.2, 0) is 4.79 Å². The Morgan fingerprint density at radius 1 is 1.17 bits per heavy atom. The van der Waals surface area contributed by atoms with Gasteiger partial charge < -0.3 is 10.0 Å². The van der Waals surface area contributed by atoms with Gasteiger partial charge in [0.15, 0.2) is 0 Å². The van der Waals surface area contributed by atoms with Crippen molar-refractivity contribution in [3.05, 3.63) is 58.5 Å². The number of amides is 1. The second-order valence-electron chi connectivity index (χ2n) is 5.36. The molecule has 0 saturated heterocycles. The van der Waals surface area contributed by atoms with E-state index in [0.29, 0.717) is 5.69 Å². The molecule has 0 atom stereocenters. The van der Waals surface area contributed by atoms with Crippen molar-refractivity contribution in [3.63, 3.8) is 0 Å². The number of carbonyl (C=O) groups excluding carboxylic acids is 1. The first-order valence-corrected chi connectivity index (χ1v) is 7.25. The molecule has 1 fully saturated rings. The van der Waals surface area contributed by atoms with Gasteiger partial charge in [0.2, 0.25) is 0 Å². The van der Waals surface area contributed by atoms with E-state index in [-0.39, 0.29) is 23.8 Å². The van der Waals surface area contributed by atoms with Gasteiger partial charge in [0, 0.05) is 12.1 Å². The van der Waals surface area contributed by atoms with E-state index in [1.54, 1.807) is 24.3 Å². The molecule has 1 N–H and O–H groups in total. The van der Waals surface area contributed by atoms with Gasteiger partial charge >= 0.3 is 5.97 Å². The number of para-hydroxylation sites is 1. The SMILES string of the molecule is O=C(O)CN(C(=O)c1ccc(=O)n(-c2ccccc2)n1)C1CC1. The summed E-state index contributed by atoms with van der Waals surface area (Å²) in [4.78, 5) is 36.8. The first-order chi connectivity index (χ1) is 11.1. The molecule has 1 amide bonds. The summed E-state index contributed by atoms with van der Waals surface area (Å²) in [7, 11) is 0. The molecule has 7 nitrogen and oxygen atoms in total. The first-order valence-electron chi connectivity index (χ1n) is 7.25. The van der Waals surface area contributed by atoms with Crippen molar-refractivity contribution >= 4 is 11.9 Å². The molecule has 1 aliphatic rings. The zero-order valence-electron chi connectivity index (χ0n) is 12.3. The van der Waals surface area contributed by atoms with E-state index in [4.69, 9.17) is 5.11 Å². The molecule has 0 radical (unpaired) electrons. The van der Waals surface area contributed by atoms with Crippen molar-refractivity contribution in [2.75, 3.05) is 6.54 Å². The van der Waals surface area contributed by atoms with Gasteiger partial charge in [0.1, 0.15) is 12.2 Å². The van der Waals surface area contributed by atoms with Crippen molar-refractivity contribution in [1.29, 1.82) is 0 Å². The van der Waals surface area contributed by atoms with Crippen molar-refractivity contribution in [1.82, 2.24) is 14.7 Å². The maximum Gasteiger partial charge on any atom is 0.323 e. The van der Waals surface area contributed by atoms with Crippen LogP contribution in [0.1, 0.15) is 23.3 Å². The molecule has 1 heterocycles. The second kappa shape index (κ2) is 6.04. The molecule has 0 aliphatic heterocycles. The predicted octanol–water partition coefficient (Wildman–Crippen LogP) is 0.922. The molecule has 1 saturated carbocycles. The fourth-order valence-electron chi connectivity index (χ4n) is 2.33. The normalized spacial score (nSPS) is 13.6. The predicted molar refractivity (Wildman–Crippen MR) is 81.5 cm³/mol. The Labute approximate surface area is 131 Å². The molecule has 0 unspecified atom stereocenters. The van der Waals surface area contributed by atoms with E-state index >= 15 is 0 Å². The van der Waals surface area contributed by atoms with Crippen molar-refractivity contribution in [3.8, 4) is 5.69 Å². The van der Waals surface area contributed by atoms with Gasteiger partial charge in [0.05, 0.1) is 5.69 Å². The van der Waals surface area contributed by atoms with Gasteiger partial charge in [0.25, 0.3) is 11.5 Å². The lowest BCUT2D eigenvalue weighted by Gasteiger charge is -2.19. The third-order valence-electron chi connectivity index (χ3n) is 3.57. The molecular formula is C16H15N3O4. The molecule has 3 rings (SSSR count). The zero-order valence-corrected chi connectivity index (χ0v) is 12.3. The number of carboxylic acid groups (broad SMARTS) is 1. The van der Waals surface area contributed by atoms with Crippen LogP contribution >= 0.6 is 0 Å². The highest BCUT2D eigenvalue weighted by Gasteiger charge is 2.35. The summed E-state index contributed by atoms with van der Waals surface area (Å²) < 4.78 is 1.14. The molecule has 0 bridgehead atoms. The van der Waals surface area contributed by atoms with Crippen LogP contribution in [0.5, 0.6) is 0 Å². The maximum atomic E-state index is 12.5. The van der Waals surface area contributed by atoms with Gasteiger partial charge in [-0.25, -0.2) is 0 Å². The molecule has 118 valence electrons. The number of aromatic nitrogens is 2. The molecule has 1 aliphatic carbocycles. The van der Waals surface area contributed by atoms with Crippen molar-refractivity contribution < 1.29 is 14.7 Å². The largest absolute Gasteiger partial charge is 0.480 e. The fraction of sp³-hybridized carbons (Fsp3) is 0.250. The molecule has 23 heavy (non-hydrogen) atoms. The number of nitrogens with zero attached hydrogens (tertiary/aromatic N) is 3. The van der Waals surface area contributed by atoms with Gasteiger partial charge in [-0.3, -0.25) is 14.4 Å². The van der Waals surface area contributed by atoms with Gasteiger partial charge in [-0.05, 0) is 31.0 Å². The van der Waals surface area contributed by atoms with E-state index in [0.717, 1.165) is 17.5 Å². The number of aliphatic carboxylic acids is 1. The highest BCUT2D eigenvalue weighted by atomic mass is 16.4. The van der Waals surface area contributed by atoms with Gasteiger partial charge in [-0.1, -0.05) is 18.2 Å². The third kappa shape index (κ3) is 3.28.